The number of hydrogen-bond donors (Lipinski definition) is 1. The quantitative estimate of drug-likeness (QED) is 0.373. The van der Waals surface area contributed by atoms with Crippen molar-refractivity contribution >= 4 is 40.0 Å². The van der Waals surface area contributed by atoms with E-state index in [0.29, 0.717) is 22.9 Å². The van der Waals surface area contributed by atoms with Crippen LogP contribution in [0.5, 0.6) is 0 Å². The Morgan fingerprint density at radius 2 is 1.97 bits per heavy atom. The molecule has 1 saturated heterocycles. The van der Waals surface area contributed by atoms with Gasteiger partial charge in [0.15, 0.2) is 0 Å². The summed E-state index contributed by atoms with van der Waals surface area (Å²) in [5.74, 6) is 0.465. The summed E-state index contributed by atoms with van der Waals surface area (Å²) in [5, 5.41) is 13.6. The first-order chi connectivity index (χ1) is 18.5. The van der Waals surface area contributed by atoms with Crippen LogP contribution in [0, 0.1) is 23.1 Å². The summed E-state index contributed by atoms with van der Waals surface area (Å²) in [4.78, 5) is 34.6. The fourth-order valence-corrected chi connectivity index (χ4v) is 5.48. The lowest BCUT2D eigenvalue weighted by atomic mass is 9.91. The molecule has 1 atom stereocenters. The van der Waals surface area contributed by atoms with Crippen molar-refractivity contribution in [2.75, 3.05) is 29.9 Å². The van der Waals surface area contributed by atoms with E-state index in [0.717, 1.165) is 48.2 Å². The zero-order valence-electron chi connectivity index (χ0n) is 20.2. The highest BCUT2D eigenvalue weighted by Gasteiger charge is 2.36. The maximum absolute atomic E-state index is 14.1. The van der Waals surface area contributed by atoms with Crippen LogP contribution in [0.1, 0.15) is 35.6 Å². The SMILES string of the molecule is N#Cc1cc(C2c3cnccc3NC(=O)N2CC2CCN(c3ncnc4cc(Cl)ncc34)CC2)ccc1F. The van der Waals surface area contributed by atoms with Crippen molar-refractivity contribution in [3.8, 4) is 6.07 Å². The number of fused-ring (bicyclic) bond motifs is 2. The van der Waals surface area contributed by atoms with Crippen LogP contribution in [-0.4, -0.2) is 50.5 Å². The molecule has 0 radical (unpaired) electrons. The lowest BCUT2D eigenvalue weighted by Crippen LogP contribution is -2.47. The molecular formula is C27H22ClFN8O. The first-order valence-corrected chi connectivity index (χ1v) is 12.6. The summed E-state index contributed by atoms with van der Waals surface area (Å²) in [6, 6.07) is 9.09. The topological polar surface area (TPSA) is 111 Å². The maximum Gasteiger partial charge on any atom is 0.322 e. The van der Waals surface area contributed by atoms with Gasteiger partial charge in [-0.2, -0.15) is 5.26 Å². The molecule has 1 aromatic carbocycles. The van der Waals surface area contributed by atoms with Crippen molar-refractivity contribution < 1.29 is 9.18 Å². The van der Waals surface area contributed by atoms with E-state index in [1.165, 1.54) is 18.5 Å². The highest BCUT2D eigenvalue weighted by Crippen LogP contribution is 2.39. The monoisotopic (exact) mass is 528 g/mol. The van der Waals surface area contributed by atoms with Crippen molar-refractivity contribution in [2.45, 2.75) is 18.9 Å². The highest BCUT2D eigenvalue weighted by atomic mass is 35.5. The van der Waals surface area contributed by atoms with Crippen LogP contribution in [0.3, 0.4) is 0 Å². The number of benzene rings is 1. The second-order valence-electron chi connectivity index (χ2n) is 9.45. The second kappa shape index (κ2) is 9.84. The number of nitrogens with zero attached hydrogens (tertiary/aromatic N) is 7. The molecule has 0 spiro atoms. The van der Waals surface area contributed by atoms with Gasteiger partial charge in [0.1, 0.15) is 29.2 Å². The van der Waals surface area contributed by atoms with Crippen molar-refractivity contribution in [3.05, 3.63) is 82.9 Å². The average molecular weight is 529 g/mol. The molecule has 1 fully saturated rings. The van der Waals surface area contributed by atoms with Gasteiger partial charge in [0, 0.05) is 49.9 Å². The number of hydrogen-bond acceptors (Lipinski definition) is 7. The Morgan fingerprint density at radius 1 is 1.13 bits per heavy atom. The van der Waals surface area contributed by atoms with E-state index < -0.39 is 11.9 Å². The van der Waals surface area contributed by atoms with E-state index in [9.17, 15) is 14.4 Å². The molecule has 4 aromatic rings. The minimum absolute atomic E-state index is 0.0555. The molecule has 2 aliphatic rings. The summed E-state index contributed by atoms with van der Waals surface area (Å²) < 4.78 is 14.1. The van der Waals surface area contributed by atoms with Gasteiger partial charge in [-0.15, -0.1) is 0 Å². The van der Waals surface area contributed by atoms with E-state index in [-0.39, 0.29) is 17.5 Å². The van der Waals surface area contributed by atoms with Crippen LogP contribution < -0.4 is 10.2 Å². The Hall–Kier alpha value is -4.36. The molecule has 5 heterocycles. The number of anilines is 2. The molecule has 9 nitrogen and oxygen atoms in total. The summed E-state index contributed by atoms with van der Waals surface area (Å²) >= 11 is 6.03. The lowest BCUT2D eigenvalue weighted by molar-refractivity contribution is 0.174. The third-order valence-corrected chi connectivity index (χ3v) is 7.43. The molecule has 11 heteroatoms. The molecule has 0 bridgehead atoms. The van der Waals surface area contributed by atoms with Crippen LogP contribution in [0.4, 0.5) is 20.7 Å². The summed E-state index contributed by atoms with van der Waals surface area (Å²) in [6.07, 6.45) is 8.25. The number of carbonyl (C=O) groups is 1. The molecule has 1 N–H and O–H groups in total. The molecular weight excluding hydrogens is 507 g/mol. The molecule has 1 unspecified atom stereocenters. The van der Waals surface area contributed by atoms with Gasteiger partial charge in [-0.25, -0.2) is 24.1 Å². The molecule has 0 aliphatic carbocycles. The molecule has 6 rings (SSSR count). The van der Waals surface area contributed by atoms with Crippen molar-refractivity contribution in [1.29, 1.82) is 5.26 Å². The van der Waals surface area contributed by atoms with Gasteiger partial charge in [0.2, 0.25) is 0 Å². The van der Waals surface area contributed by atoms with E-state index in [4.69, 9.17) is 11.6 Å². The molecule has 3 aromatic heterocycles. The number of aromatic nitrogens is 4. The normalized spacial score (nSPS) is 17.7. The predicted molar refractivity (Wildman–Crippen MR) is 140 cm³/mol. The van der Waals surface area contributed by atoms with E-state index in [2.05, 4.69) is 30.2 Å². The number of halogens is 2. The van der Waals surface area contributed by atoms with Crippen LogP contribution in [0.15, 0.2) is 55.2 Å². The van der Waals surface area contributed by atoms with Crippen LogP contribution in [0.2, 0.25) is 5.15 Å². The van der Waals surface area contributed by atoms with E-state index >= 15 is 0 Å². The molecule has 190 valence electrons. The van der Waals surface area contributed by atoms with Gasteiger partial charge in [-0.3, -0.25) is 4.98 Å². The van der Waals surface area contributed by atoms with Crippen LogP contribution >= 0.6 is 11.6 Å². The van der Waals surface area contributed by atoms with Crippen molar-refractivity contribution in [2.24, 2.45) is 5.92 Å². The Bertz CT molecular complexity index is 1580. The minimum Gasteiger partial charge on any atom is -0.356 e. The number of pyridine rings is 2. The Labute approximate surface area is 222 Å². The standard InChI is InChI=1S/C27H22ClFN8O/c28-24-10-23-20(13-32-24)26(34-15-33-23)36-7-4-16(5-8-36)14-37-25(17-1-2-21(29)18(9-17)11-30)19-12-31-6-3-22(19)35-27(37)38/h1-3,6,9-10,12-13,15-16,25H,4-5,7-8,14H2,(H,35,38). The van der Waals surface area contributed by atoms with E-state index in [1.54, 1.807) is 41.7 Å². The number of carbonyl (C=O) groups excluding carboxylic acids is 1. The largest absolute Gasteiger partial charge is 0.356 e. The Kier molecular flexibility index (Phi) is 6.21. The first kappa shape index (κ1) is 24.0. The van der Waals surface area contributed by atoms with Gasteiger partial charge in [0.05, 0.1) is 28.2 Å². The van der Waals surface area contributed by atoms with Crippen molar-refractivity contribution in [1.82, 2.24) is 24.8 Å². The summed E-state index contributed by atoms with van der Waals surface area (Å²) in [6.45, 7) is 2.01. The first-order valence-electron chi connectivity index (χ1n) is 12.2. The predicted octanol–water partition coefficient (Wildman–Crippen LogP) is 4.94. The van der Waals surface area contributed by atoms with Gasteiger partial charge >= 0.3 is 6.03 Å². The van der Waals surface area contributed by atoms with Gasteiger partial charge in [0.25, 0.3) is 0 Å². The Balaban J connectivity index is 1.25. The van der Waals surface area contributed by atoms with Crippen molar-refractivity contribution in [3.63, 3.8) is 0 Å². The second-order valence-corrected chi connectivity index (χ2v) is 9.84. The summed E-state index contributed by atoms with van der Waals surface area (Å²) in [5.41, 5.74) is 2.82. The third-order valence-electron chi connectivity index (χ3n) is 7.22. The van der Waals surface area contributed by atoms with Gasteiger partial charge in [-0.1, -0.05) is 17.7 Å². The zero-order valence-corrected chi connectivity index (χ0v) is 20.9. The number of urea groups is 1. The maximum atomic E-state index is 14.1. The average Bonchev–Trinajstić information content (AvgIpc) is 2.94. The number of piperidine rings is 1. The summed E-state index contributed by atoms with van der Waals surface area (Å²) in [7, 11) is 0. The highest BCUT2D eigenvalue weighted by molar-refractivity contribution is 6.30. The van der Waals surface area contributed by atoms with Gasteiger partial charge < -0.3 is 15.1 Å². The van der Waals surface area contributed by atoms with E-state index in [1.807, 2.05) is 6.07 Å². The van der Waals surface area contributed by atoms with Gasteiger partial charge in [-0.05, 0) is 42.5 Å². The van der Waals surface area contributed by atoms with Crippen LogP contribution in [0.25, 0.3) is 10.9 Å². The number of nitrogens with one attached hydrogen (secondary N) is 1. The molecule has 2 aliphatic heterocycles. The third kappa shape index (κ3) is 4.35. The number of nitriles is 1. The number of amides is 2. The zero-order chi connectivity index (χ0) is 26.2. The smallest absolute Gasteiger partial charge is 0.322 e. The fourth-order valence-electron chi connectivity index (χ4n) is 5.33. The van der Waals surface area contributed by atoms with Crippen LogP contribution in [-0.2, 0) is 0 Å². The molecule has 2 amide bonds. The Morgan fingerprint density at radius 3 is 2.79 bits per heavy atom. The lowest BCUT2D eigenvalue weighted by Gasteiger charge is -2.41. The minimum atomic E-state index is -0.587. The fraction of sp³-hybridized carbons (Fsp3) is 0.259. The molecule has 0 saturated carbocycles. The number of rotatable bonds is 4. The molecule has 38 heavy (non-hydrogen) atoms.